The Kier molecular flexibility index (Phi) is 6.58. The number of amides is 2. The molecule has 29 heavy (non-hydrogen) atoms. The zero-order chi connectivity index (χ0) is 21.2. The van der Waals surface area contributed by atoms with Crippen molar-refractivity contribution in [2.75, 3.05) is 17.7 Å². The molecule has 0 aromatic heterocycles. The summed E-state index contributed by atoms with van der Waals surface area (Å²) in [7, 11) is 0. The first-order valence-electron chi connectivity index (χ1n) is 9.14. The molecule has 0 aliphatic carbocycles. The first-order valence-corrected chi connectivity index (χ1v) is 11.3. The fourth-order valence-electron chi connectivity index (χ4n) is 2.98. The van der Waals surface area contributed by atoms with E-state index in [0.29, 0.717) is 16.8 Å². The molecule has 156 valence electrons. The Balaban J connectivity index is 1.65. The van der Waals surface area contributed by atoms with Crippen molar-refractivity contribution >= 4 is 45.5 Å². The molecular formula is C20H23BrN2O5S. The molecule has 0 bridgehead atoms. The van der Waals surface area contributed by atoms with Crippen LogP contribution in [0.25, 0.3) is 0 Å². The van der Waals surface area contributed by atoms with Gasteiger partial charge in [0.15, 0.2) is 6.61 Å². The molecule has 0 radical (unpaired) electrons. The highest BCUT2D eigenvalue weighted by Gasteiger charge is 2.54. The van der Waals surface area contributed by atoms with Crippen LogP contribution in [0.5, 0.6) is 5.75 Å². The maximum Gasteiger partial charge on any atom is 0.355 e. The minimum absolute atomic E-state index is 0.188. The van der Waals surface area contributed by atoms with Gasteiger partial charge in [0, 0.05) is 11.1 Å². The van der Waals surface area contributed by atoms with Gasteiger partial charge >= 0.3 is 5.97 Å². The maximum absolute atomic E-state index is 12.7. The van der Waals surface area contributed by atoms with Crippen molar-refractivity contribution in [2.45, 2.75) is 37.8 Å². The second-order valence-electron chi connectivity index (χ2n) is 7.64. The van der Waals surface area contributed by atoms with E-state index in [1.54, 1.807) is 32.9 Å². The summed E-state index contributed by atoms with van der Waals surface area (Å²) in [5.41, 5.74) is 0.403. The number of benzene rings is 1. The van der Waals surface area contributed by atoms with Gasteiger partial charge in [0.2, 0.25) is 0 Å². The van der Waals surface area contributed by atoms with Crippen LogP contribution in [0.3, 0.4) is 0 Å². The van der Waals surface area contributed by atoms with Crippen molar-refractivity contribution in [2.24, 2.45) is 0 Å². The predicted octanol–water partition coefficient (Wildman–Crippen LogP) is 2.46. The summed E-state index contributed by atoms with van der Waals surface area (Å²) in [5, 5.41) is 2.84. The molecule has 1 aromatic rings. The second kappa shape index (κ2) is 8.79. The van der Waals surface area contributed by atoms with Crippen LogP contribution >= 0.6 is 27.7 Å². The number of hydrogen-bond donors (Lipinski definition) is 1. The van der Waals surface area contributed by atoms with E-state index in [1.165, 1.54) is 16.7 Å². The summed E-state index contributed by atoms with van der Waals surface area (Å²) < 4.78 is 10.9. The highest BCUT2D eigenvalue weighted by Crippen LogP contribution is 2.41. The van der Waals surface area contributed by atoms with Gasteiger partial charge in [-0.25, -0.2) is 4.79 Å². The topological polar surface area (TPSA) is 84.9 Å². The number of carbonyl (C=O) groups is 3. The van der Waals surface area contributed by atoms with Gasteiger partial charge in [0.05, 0.1) is 0 Å². The van der Waals surface area contributed by atoms with E-state index in [1.807, 2.05) is 18.2 Å². The van der Waals surface area contributed by atoms with Crippen LogP contribution in [-0.2, 0) is 19.1 Å². The Hall–Kier alpha value is -2.00. The average Bonchev–Trinajstić information content (AvgIpc) is 2.68. The van der Waals surface area contributed by atoms with E-state index < -0.39 is 17.6 Å². The quantitative estimate of drug-likeness (QED) is 0.380. The lowest BCUT2D eigenvalue weighted by molar-refractivity contribution is -0.159. The van der Waals surface area contributed by atoms with Crippen molar-refractivity contribution in [3.63, 3.8) is 0 Å². The van der Waals surface area contributed by atoms with Gasteiger partial charge in [0.25, 0.3) is 11.8 Å². The van der Waals surface area contributed by atoms with E-state index >= 15 is 0 Å². The van der Waals surface area contributed by atoms with Crippen LogP contribution in [0.15, 0.2) is 41.6 Å². The van der Waals surface area contributed by atoms with Crippen molar-refractivity contribution in [3.8, 4) is 5.75 Å². The lowest BCUT2D eigenvalue weighted by Crippen LogP contribution is -2.71. The number of nitrogens with zero attached hydrogens (tertiary/aromatic N) is 1. The Labute approximate surface area is 182 Å². The second-order valence-corrected chi connectivity index (χ2v) is 9.31. The molecule has 1 fully saturated rings. The molecule has 2 heterocycles. The van der Waals surface area contributed by atoms with Gasteiger partial charge in [0.1, 0.15) is 28.5 Å². The summed E-state index contributed by atoms with van der Waals surface area (Å²) in [4.78, 5) is 39.1. The van der Waals surface area contributed by atoms with Crippen LogP contribution in [0.4, 0.5) is 0 Å². The van der Waals surface area contributed by atoms with Crippen molar-refractivity contribution < 1.29 is 23.9 Å². The number of hydrogen-bond acceptors (Lipinski definition) is 6. The largest absolute Gasteiger partial charge is 0.484 e. The lowest BCUT2D eigenvalue weighted by atomic mass is 10.0. The number of thioether (sulfide) groups is 1. The normalized spacial score (nSPS) is 21.2. The Bertz CT molecular complexity index is 837. The molecule has 1 saturated heterocycles. The first kappa shape index (κ1) is 21.7. The van der Waals surface area contributed by atoms with Crippen LogP contribution in [0.2, 0.25) is 0 Å². The molecule has 1 N–H and O–H groups in total. The number of esters is 1. The van der Waals surface area contributed by atoms with Crippen molar-refractivity contribution in [3.05, 3.63) is 41.6 Å². The first-order chi connectivity index (χ1) is 13.7. The lowest BCUT2D eigenvalue weighted by Gasteiger charge is -2.49. The molecule has 7 nitrogen and oxygen atoms in total. The number of β-lactam (4-membered cyclic amide) rings is 1. The third kappa shape index (κ3) is 4.95. The third-order valence-corrected chi connectivity index (χ3v) is 6.25. The van der Waals surface area contributed by atoms with Crippen LogP contribution in [-0.4, -0.2) is 57.4 Å². The number of fused-ring (bicyclic) bond motifs is 1. The standard InChI is InChI=1S/C20H23BrN2O5S/c1-20(2,3)28-19(26)16-12(9-21)11-29-18-15(17(25)23(16)18)22-14(24)10-27-13-7-5-4-6-8-13/h4-8,15,18H,9-11H2,1-3H3,(H,22,24)/t15-,18-/m1/s1. The maximum atomic E-state index is 12.7. The van der Waals surface area contributed by atoms with E-state index in [-0.39, 0.29) is 29.5 Å². The molecule has 9 heteroatoms. The fourth-order valence-corrected chi connectivity index (χ4v) is 5.05. The SMILES string of the molecule is CC(C)(C)OC(=O)C1=C(CBr)CS[C@@H]2[C@H](NC(=O)COc3ccccc3)C(=O)N12. The van der Waals surface area contributed by atoms with Crippen molar-refractivity contribution in [1.82, 2.24) is 10.2 Å². The number of para-hydroxylation sites is 1. The smallest absolute Gasteiger partial charge is 0.355 e. The number of ether oxygens (including phenoxy) is 2. The van der Waals surface area contributed by atoms with E-state index in [2.05, 4.69) is 21.2 Å². The number of nitrogens with one attached hydrogen (secondary N) is 1. The van der Waals surface area contributed by atoms with Gasteiger partial charge in [-0.15, -0.1) is 11.8 Å². The number of alkyl halides is 1. The predicted molar refractivity (Wildman–Crippen MR) is 114 cm³/mol. The molecule has 0 spiro atoms. The zero-order valence-corrected chi connectivity index (χ0v) is 18.8. The van der Waals surface area contributed by atoms with Gasteiger partial charge in [-0.05, 0) is 38.5 Å². The van der Waals surface area contributed by atoms with E-state index in [0.717, 1.165) is 5.57 Å². The van der Waals surface area contributed by atoms with Crippen molar-refractivity contribution in [1.29, 1.82) is 0 Å². The molecule has 2 amide bonds. The Morgan fingerprint density at radius 3 is 2.59 bits per heavy atom. The molecular weight excluding hydrogens is 460 g/mol. The molecule has 2 aliphatic rings. The molecule has 0 saturated carbocycles. The van der Waals surface area contributed by atoms with Gasteiger partial charge in [-0.3, -0.25) is 14.5 Å². The monoisotopic (exact) mass is 482 g/mol. The van der Waals surface area contributed by atoms with E-state index in [9.17, 15) is 14.4 Å². The highest BCUT2D eigenvalue weighted by atomic mass is 79.9. The number of carbonyl (C=O) groups excluding carboxylic acids is 3. The molecule has 2 atom stereocenters. The summed E-state index contributed by atoms with van der Waals surface area (Å²) in [6.07, 6.45) is 0. The third-order valence-electron chi connectivity index (χ3n) is 4.23. The Morgan fingerprint density at radius 2 is 1.97 bits per heavy atom. The van der Waals surface area contributed by atoms with Gasteiger partial charge < -0.3 is 14.8 Å². The van der Waals surface area contributed by atoms with Crippen LogP contribution < -0.4 is 10.1 Å². The number of rotatable bonds is 6. The van der Waals surface area contributed by atoms with Crippen LogP contribution in [0.1, 0.15) is 20.8 Å². The van der Waals surface area contributed by atoms with Gasteiger partial charge in [-0.1, -0.05) is 34.1 Å². The average molecular weight is 483 g/mol. The molecule has 2 aliphatic heterocycles. The highest BCUT2D eigenvalue weighted by molar-refractivity contribution is 9.09. The minimum Gasteiger partial charge on any atom is -0.484 e. The molecule has 0 unspecified atom stereocenters. The van der Waals surface area contributed by atoms with Crippen LogP contribution in [0, 0.1) is 0 Å². The summed E-state index contributed by atoms with van der Waals surface area (Å²) in [5.74, 6) is -0.0894. The molecule has 3 rings (SSSR count). The summed E-state index contributed by atoms with van der Waals surface area (Å²) in [6, 6.07) is 8.28. The van der Waals surface area contributed by atoms with E-state index in [4.69, 9.17) is 9.47 Å². The van der Waals surface area contributed by atoms with Gasteiger partial charge in [-0.2, -0.15) is 0 Å². The Morgan fingerprint density at radius 1 is 1.28 bits per heavy atom. The minimum atomic E-state index is -0.693. The fraction of sp³-hybridized carbons (Fsp3) is 0.450. The zero-order valence-electron chi connectivity index (χ0n) is 16.4. The summed E-state index contributed by atoms with van der Waals surface area (Å²) >= 11 is 4.89. The number of halogens is 1. The molecule has 1 aromatic carbocycles. The summed E-state index contributed by atoms with van der Waals surface area (Å²) in [6.45, 7) is 5.15.